The fourth-order valence-corrected chi connectivity index (χ4v) is 2.56. The fraction of sp³-hybridized carbons (Fsp3) is 0.312. The van der Waals surface area contributed by atoms with Gasteiger partial charge < -0.3 is 14.8 Å². The maximum Gasteiger partial charge on any atom is 0.224 e. The molecule has 0 saturated carbocycles. The van der Waals surface area contributed by atoms with Crippen molar-refractivity contribution in [2.75, 3.05) is 5.32 Å². The SMILES string of the molecule is Cc1cc(C(O)c2ccc3c(c2)CCCC(=O)N3)co1. The zero-order valence-electron chi connectivity index (χ0n) is 11.3. The zero-order valence-corrected chi connectivity index (χ0v) is 11.3. The number of aliphatic hydroxyl groups is 1. The Morgan fingerprint density at radius 3 is 2.85 bits per heavy atom. The van der Waals surface area contributed by atoms with E-state index in [1.54, 1.807) is 6.26 Å². The molecule has 0 bridgehead atoms. The van der Waals surface area contributed by atoms with Crippen LogP contribution in [0.4, 0.5) is 5.69 Å². The van der Waals surface area contributed by atoms with Crippen LogP contribution in [0.2, 0.25) is 0 Å². The summed E-state index contributed by atoms with van der Waals surface area (Å²) < 4.78 is 5.24. The topological polar surface area (TPSA) is 62.5 Å². The van der Waals surface area contributed by atoms with E-state index >= 15 is 0 Å². The molecule has 1 aromatic carbocycles. The molecular formula is C16H17NO3. The molecule has 1 unspecified atom stereocenters. The molecule has 2 N–H and O–H groups in total. The van der Waals surface area contributed by atoms with Gasteiger partial charge >= 0.3 is 0 Å². The Morgan fingerprint density at radius 1 is 1.25 bits per heavy atom. The van der Waals surface area contributed by atoms with Crippen LogP contribution in [0.15, 0.2) is 34.9 Å². The molecule has 20 heavy (non-hydrogen) atoms. The Bertz CT molecular complexity index is 645. The van der Waals surface area contributed by atoms with Gasteiger partial charge in [0.25, 0.3) is 0 Å². The van der Waals surface area contributed by atoms with Crippen LogP contribution < -0.4 is 5.32 Å². The van der Waals surface area contributed by atoms with E-state index in [2.05, 4.69) is 5.32 Å². The van der Waals surface area contributed by atoms with Gasteiger partial charge in [0.05, 0.1) is 6.26 Å². The molecule has 0 fully saturated rings. The molecule has 2 heterocycles. The molecular weight excluding hydrogens is 254 g/mol. The summed E-state index contributed by atoms with van der Waals surface area (Å²) in [5.74, 6) is 0.837. The lowest BCUT2D eigenvalue weighted by atomic mass is 9.98. The zero-order chi connectivity index (χ0) is 14.1. The van der Waals surface area contributed by atoms with Crippen LogP contribution in [0, 0.1) is 6.92 Å². The third-order valence-corrected chi connectivity index (χ3v) is 3.64. The van der Waals surface area contributed by atoms with E-state index in [0.717, 1.165) is 41.0 Å². The number of hydrogen-bond acceptors (Lipinski definition) is 3. The molecule has 0 spiro atoms. The van der Waals surface area contributed by atoms with Gasteiger partial charge in [0.15, 0.2) is 0 Å². The maximum absolute atomic E-state index is 11.5. The first-order valence-corrected chi connectivity index (χ1v) is 6.79. The number of aryl methyl sites for hydroxylation is 2. The van der Waals surface area contributed by atoms with E-state index in [-0.39, 0.29) is 5.91 Å². The molecule has 104 valence electrons. The number of hydrogen-bond donors (Lipinski definition) is 2. The van der Waals surface area contributed by atoms with E-state index < -0.39 is 6.10 Å². The number of benzene rings is 1. The smallest absolute Gasteiger partial charge is 0.224 e. The number of aliphatic hydroxyl groups excluding tert-OH is 1. The van der Waals surface area contributed by atoms with Gasteiger partial charge in [0.1, 0.15) is 11.9 Å². The molecule has 0 saturated heterocycles. The Hall–Kier alpha value is -2.07. The predicted octanol–water partition coefficient (Wildman–Crippen LogP) is 2.94. The van der Waals surface area contributed by atoms with Crippen molar-refractivity contribution in [3.63, 3.8) is 0 Å². The molecule has 1 aliphatic rings. The van der Waals surface area contributed by atoms with Gasteiger partial charge in [-0.2, -0.15) is 0 Å². The molecule has 2 aromatic rings. The van der Waals surface area contributed by atoms with Crippen LogP contribution in [0.5, 0.6) is 0 Å². The van der Waals surface area contributed by atoms with E-state index in [0.29, 0.717) is 6.42 Å². The summed E-state index contributed by atoms with van der Waals surface area (Å²) in [4.78, 5) is 11.5. The highest BCUT2D eigenvalue weighted by atomic mass is 16.3. The largest absolute Gasteiger partial charge is 0.469 e. The molecule has 0 aliphatic carbocycles. The van der Waals surface area contributed by atoms with Gasteiger partial charge in [-0.05, 0) is 43.0 Å². The second-order valence-electron chi connectivity index (χ2n) is 5.21. The lowest BCUT2D eigenvalue weighted by Crippen LogP contribution is -2.09. The Morgan fingerprint density at radius 2 is 2.10 bits per heavy atom. The number of anilines is 1. The third-order valence-electron chi connectivity index (χ3n) is 3.64. The summed E-state index contributed by atoms with van der Waals surface area (Å²) in [6.45, 7) is 1.85. The van der Waals surface area contributed by atoms with Crippen molar-refractivity contribution in [2.45, 2.75) is 32.3 Å². The maximum atomic E-state index is 11.5. The van der Waals surface area contributed by atoms with Crippen molar-refractivity contribution in [3.05, 3.63) is 53.0 Å². The lowest BCUT2D eigenvalue weighted by Gasteiger charge is -2.13. The van der Waals surface area contributed by atoms with Crippen LogP contribution in [0.3, 0.4) is 0 Å². The molecule has 4 heteroatoms. The van der Waals surface area contributed by atoms with Crippen molar-refractivity contribution >= 4 is 11.6 Å². The number of fused-ring (bicyclic) bond motifs is 1. The van der Waals surface area contributed by atoms with Gasteiger partial charge in [0.2, 0.25) is 5.91 Å². The first-order chi connectivity index (χ1) is 9.63. The van der Waals surface area contributed by atoms with Crippen molar-refractivity contribution in [2.24, 2.45) is 0 Å². The van der Waals surface area contributed by atoms with Gasteiger partial charge in [0, 0.05) is 17.7 Å². The standard InChI is InChI=1S/C16H17NO3/c1-10-7-13(9-20-10)16(19)12-5-6-14-11(8-12)3-2-4-15(18)17-14/h5-9,16,19H,2-4H2,1H3,(H,17,18). The third kappa shape index (κ3) is 2.47. The minimum atomic E-state index is -0.697. The van der Waals surface area contributed by atoms with E-state index in [1.165, 1.54) is 0 Å². The molecule has 1 amide bonds. The Kier molecular flexibility index (Phi) is 3.32. The predicted molar refractivity (Wildman–Crippen MR) is 75.5 cm³/mol. The average Bonchev–Trinajstić information content (AvgIpc) is 2.77. The van der Waals surface area contributed by atoms with Gasteiger partial charge in [-0.3, -0.25) is 4.79 Å². The normalized spacial score (nSPS) is 16.2. The van der Waals surface area contributed by atoms with Crippen molar-refractivity contribution in [1.82, 2.24) is 0 Å². The van der Waals surface area contributed by atoms with Crippen LogP contribution in [0.1, 0.15) is 41.4 Å². The Balaban J connectivity index is 1.92. The first kappa shape index (κ1) is 12.9. The lowest BCUT2D eigenvalue weighted by molar-refractivity contribution is -0.116. The minimum absolute atomic E-state index is 0.0579. The number of rotatable bonds is 2. The molecule has 1 atom stereocenters. The number of carbonyl (C=O) groups is 1. The Labute approximate surface area is 117 Å². The van der Waals surface area contributed by atoms with Crippen LogP contribution >= 0.6 is 0 Å². The quantitative estimate of drug-likeness (QED) is 0.882. The molecule has 1 aliphatic heterocycles. The summed E-state index contributed by atoms with van der Waals surface area (Å²) in [6, 6.07) is 7.51. The van der Waals surface area contributed by atoms with Gasteiger partial charge in [-0.1, -0.05) is 12.1 Å². The second kappa shape index (κ2) is 5.13. The van der Waals surface area contributed by atoms with Crippen molar-refractivity contribution in [3.8, 4) is 0 Å². The average molecular weight is 271 g/mol. The summed E-state index contributed by atoms with van der Waals surface area (Å²) in [7, 11) is 0. The highest BCUT2D eigenvalue weighted by molar-refractivity contribution is 5.92. The van der Waals surface area contributed by atoms with Crippen molar-refractivity contribution in [1.29, 1.82) is 0 Å². The fourth-order valence-electron chi connectivity index (χ4n) is 2.56. The van der Waals surface area contributed by atoms with Crippen LogP contribution in [-0.4, -0.2) is 11.0 Å². The van der Waals surface area contributed by atoms with E-state index in [4.69, 9.17) is 4.42 Å². The monoisotopic (exact) mass is 271 g/mol. The van der Waals surface area contributed by atoms with Crippen LogP contribution in [-0.2, 0) is 11.2 Å². The van der Waals surface area contributed by atoms with Gasteiger partial charge in [-0.15, -0.1) is 0 Å². The highest BCUT2D eigenvalue weighted by Crippen LogP contribution is 2.29. The summed E-state index contributed by atoms with van der Waals surface area (Å²) in [5.41, 5.74) is 3.50. The molecule has 1 aromatic heterocycles. The summed E-state index contributed by atoms with van der Waals surface area (Å²) in [6.07, 6.45) is 3.11. The first-order valence-electron chi connectivity index (χ1n) is 6.79. The summed E-state index contributed by atoms with van der Waals surface area (Å²) >= 11 is 0. The van der Waals surface area contributed by atoms with Crippen molar-refractivity contribution < 1.29 is 14.3 Å². The molecule has 3 rings (SSSR count). The second-order valence-corrected chi connectivity index (χ2v) is 5.21. The molecule has 0 radical (unpaired) electrons. The highest BCUT2D eigenvalue weighted by Gasteiger charge is 2.17. The summed E-state index contributed by atoms with van der Waals surface area (Å²) in [5, 5.41) is 13.3. The number of amides is 1. The number of furan rings is 1. The van der Waals surface area contributed by atoms with E-state index in [1.807, 2.05) is 31.2 Å². The minimum Gasteiger partial charge on any atom is -0.469 e. The molecule has 4 nitrogen and oxygen atoms in total. The van der Waals surface area contributed by atoms with Crippen LogP contribution in [0.25, 0.3) is 0 Å². The van der Waals surface area contributed by atoms with E-state index in [9.17, 15) is 9.90 Å². The van der Waals surface area contributed by atoms with Gasteiger partial charge in [-0.25, -0.2) is 0 Å². The number of nitrogens with one attached hydrogen (secondary N) is 1. The number of carbonyl (C=O) groups excluding carboxylic acids is 1.